The summed E-state index contributed by atoms with van der Waals surface area (Å²) in [7, 11) is 0. The highest BCUT2D eigenvalue weighted by Crippen LogP contribution is 2.31. The number of carbonyl (C=O) groups excluding carboxylic acids is 1. The fraction of sp³-hybridized carbons (Fsp3) is 0. The SMILES string of the molecule is O=C(c1ccc([N+](=O)[O-])cc1)c1oc2ccccc2c1Cl. The first kappa shape index (κ1) is 13.3. The number of rotatable bonds is 3. The Morgan fingerprint density at radius 2 is 1.76 bits per heavy atom. The second-order valence-electron chi connectivity index (χ2n) is 4.37. The highest BCUT2D eigenvalue weighted by atomic mass is 35.5. The van der Waals surface area contributed by atoms with E-state index in [0.29, 0.717) is 11.0 Å². The molecule has 0 saturated carbocycles. The van der Waals surface area contributed by atoms with Crippen molar-refractivity contribution in [2.24, 2.45) is 0 Å². The molecule has 1 heterocycles. The van der Waals surface area contributed by atoms with Gasteiger partial charge >= 0.3 is 0 Å². The number of furan rings is 1. The van der Waals surface area contributed by atoms with Gasteiger partial charge in [-0.15, -0.1) is 0 Å². The lowest BCUT2D eigenvalue weighted by Gasteiger charge is -1.98. The molecule has 0 bridgehead atoms. The van der Waals surface area contributed by atoms with E-state index in [2.05, 4.69) is 0 Å². The maximum atomic E-state index is 12.4. The van der Waals surface area contributed by atoms with Crippen molar-refractivity contribution in [3.8, 4) is 0 Å². The van der Waals surface area contributed by atoms with Crippen molar-refractivity contribution >= 4 is 34.0 Å². The van der Waals surface area contributed by atoms with E-state index in [1.165, 1.54) is 24.3 Å². The van der Waals surface area contributed by atoms with E-state index in [0.717, 1.165) is 0 Å². The van der Waals surface area contributed by atoms with E-state index in [4.69, 9.17) is 16.0 Å². The molecule has 6 heteroatoms. The second-order valence-corrected chi connectivity index (χ2v) is 4.75. The average Bonchev–Trinajstić information content (AvgIpc) is 2.84. The zero-order valence-corrected chi connectivity index (χ0v) is 11.3. The molecule has 3 rings (SSSR count). The van der Waals surface area contributed by atoms with Crippen LogP contribution < -0.4 is 0 Å². The molecule has 104 valence electrons. The predicted octanol–water partition coefficient (Wildman–Crippen LogP) is 4.23. The van der Waals surface area contributed by atoms with Crippen molar-refractivity contribution in [2.45, 2.75) is 0 Å². The Bertz CT molecular complexity index is 852. The molecule has 0 aliphatic carbocycles. The van der Waals surface area contributed by atoms with Crippen LogP contribution in [0, 0.1) is 10.1 Å². The van der Waals surface area contributed by atoms with Crippen LogP contribution in [0.5, 0.6) is 0 Å². The van der Waals surface area contributed by atoms with E-state index in [1.807, 2.05) is 0 Å². The molecule has 0 amide bonds. The molecule has 0 unspecified atom stereocenters. The van der Waals surface area contributed by atoms with Crippen LogP contribution in [0.2, 0.25) is 5.02 Å². The lowest BCUT2D eigenvalue weighted by atomic mass is 10.1. The van der Waals surface area contributed by atoms with Crippen LogP contribution in [0.1, 0.15) is 16.1 Å². The Labute approximate surface area is 123 Å². The van der Waals surface area contributed by atoms with Gasteiger partial charge < -0.3 is 4.42 Å². The summed E-state index contributed by atoms with van der Waals surface area (Å²) in [5.74, 6) is -0.377. The number of nitro groups is 1. The second kappa shape index (κ2) is 5.03. The number of fused-ring (bicyclic) bond motifs is 1. The van der Waals surface area contributed by atoms with Gasteiger partial charge in [0.1, 0.15) is 5.58 Å². The summed E-state index contributed by atoms with van der Waals surface area (Å²) < 4.78 is 5.48. The summed E-state index contributed by atoms with van der Waals surface area (Å²) in [6.07, 6.45) is 0. The van der Waals surface area contributed by atoms with Gasteiger partial charge in [-0.05, 0) is 24.3 Å². The molecule has 0 aliphatic rings. The lowest BCUT2D eigenvalue weighted by Crippen LogP contribution is -2.00. The molecule has 21 heavy (non-hydrogen) atoms. The molecule has 0 N–H and O–H groups in total. The minimum Gasteiger partial charge on any atom is -0.451 e. The van der Waals surface area contributed by atoms with Crippen LogP contribution in [0.3, 0.4) is 0 Å². The molecular formula is C15H8ClNO4. The highest BCUT2D eigenvalue weighted by molar-refractivity contribution is 6.39. The number of hydrogen-bond acceptors (Lipinski definition) is 4. The summed E-state index contributed by atoms with van der Waals surface area (Å²) in [5.41, 5.74) is 0.719. The van der Waals surface area contributed by atoms with Crippen molar-refractivity contribution in [1.29, 1.82) is 0 Å². The van der Waals surface area contributed by atoms with Gasteiger partial charge in [-0.25, -0.2) is 0 Å². The lowest BCUT2D eigenvalue weighted by molar-refractivity contribution is -0.384. The first-order valence-electron chi connectivity index (χ1n) is 6.04. The minimum absolute atomic E-state index is 0.0340. The van der Waals surface area contributed by atoms with Gasteiger partial charge in [-0.3, -0.25) is 14.9 Å². The first-order valence-corrected chi connectivity index (χ1v) is 6.42. The number of para-hydroxylation sites is 1. The van der Waals surface area contributed by atoms with Gasteiger partial charge in [-0.2, -0.15) is 0 Å². The van der Waals surface area contributed by atoms with Gasteiger partial charge in [-0.1, -0.05) is 23.7 Å². The Kier molecular flexibility index (Phi) is 3.19. The Morgan fingerprint density at radius 3 is 2.38 bits per heavy atom. The quantitative estimate of drug-likeness (QED) is 0.412. The molecule has 0 atom stereocenters. The van der Waals surface area contributed by atoms with Crippen LogP contribution in [-0.4, -0.2) is 10.7 Å². The van der Waals surface area contributed by atoms with E-state index >= 15 is 0 Å². The smallest absolute Gasteiger partial charge is 0.269 e. The number of nitrogens with zero attached hydrogens (tertiary/aromatic N) is 1. The Morgan fingerprint density at radius 1 is 1.10 bits per heavy atom. The topological polar surface area (TPSA) is 73.3 Å². The summed E-state index contributed by atoms with van der Waals surface area (Å²) in [4.78, 5) is 22.4. The number of non-ortho nitro benzene ring substituents is 1. The molecule has 2 aromatic carbocycles. The third kappa shape index (κ3) is 2.28. The Balaban J connectivity index is 2.04. The molecule has 1 aromatic heterocycles. The molecule has 0 aliphatic heterocycles. The van der Waals surface area contributed by atoms with Crippen LogP contribution in [0.4, 0.5) is 5.69 Å². The van der Waals surface area contributed by atoms with E-state index < -0.39 is 10.7 Å². The summed E-state index contributed by atoms with van der Waals surface area (Å²) >= 11 is 6.16. The van der Waals surface area contributed by atoms with Gasteiger partial charge in [0.05, 0.1) is 9.95 Å². The Hall–Kier alpha value is -2.66. The number of benzene rings is 2. The third-order valence-electron chi connectivity index (χ3n) is 3.08. The number of halogens is 1. The largest absolute Gasteiger partial charge is 0.451 e. The van der Waals surface area contributed by atoms with E-state index in [9.17, 15) is 14.9 Å². The van der Waals surface area contributed by atoms with Crippen LogP contribution in [0.15, 0.2) is 52.9 Å². The third-order valence-corrected chi connectivity index (χ3v) is 3.46. The summed E-state index contributed by atoms with van der Waals surface area (Å²) in [5, 5.41) is 11.5. The fourth-order valence-electron chi connectivity index (χ4n) is 2.03. The van der Waals surface area contributed by atoms with Crippen LogP contribution >= 0.6 is 11.6 Å². The first-order chi connectivity index (χ1) is 10.1. The van der Waals surface area contributed by atoms with Crippen LogP contribution in [0.25, 0.3) is 11.0 Å². The zero-order chi connectivity index (χ0) is 15.0. The highest BCUT2D eigenvalue weighted by Gasteiger charge is 2.21. The number of carbonyl (C=O) groups is 1. The standard InChI is InChI=1S/C15H8ClNO4/c16-13-11-3-1-2-4-12(11)21-15(13)14(18)9-5-7-10(8-6-9)17(19)20/h1-8H. The maximum Gasteiger partial charge on any atom is 0.269 e. The van der Waals surface area contributed by atoms with Crippen molar-refractivity contribution in [3.63, 3.8) is 0 Å². The van der Waals surface area contributed by atoms with Crippen molar-refractivity contribution in [3.05, 3.63) is 75.0 Å². The molecule has 0 fully saturated rings. The van der Waals surface area contributed by atoms with Gasteiger partial charge in [0.25, 0.3) is 5.69 Å². The van der Waals surface area contributed by atoms with Gasteiger partial charge in [0, 0.05) is 23.1 Å². The normalized spacial score (nSPS) is 10.7. The van der Waals surface area contributed by atoms with E-state index in [1.54, 1.807) is 24.3 Å². The van der Waals surface area contributed by atoms with Crippen molar-refractivity contribution < 1.29 is 14.1 Å². The minimum atomic E-state index is -0.525. The van der Waals surface area contributed by atoms with Crippen LogP contribution in [-0.2, 0) is 0 Å². The monoisotopic (exact) mass is 301 g/mol. The molecule has 0 radical (unpaired) electrons. The average molecular weight is 302 g/mol. The summed E-state index contributed by atoms with van der Waals surface area (Å²) in [6.45, 7) is 0. The number of nitro benzene ring substituents is 1. The van der Waals surface area contributed by atoms with Gasteiger partial charge in [0.15, 0.2) is 5.76 Å². The fourth-order valence-corrected chi connectivity index (χ4v) is 2.31. The molecular weight excluding hydrogens is 294 g/mol. The van der Waals surface area contributed by atoms with Crippen molar-refractivity contribution in [2.75, 3.05) is 0 Å². The van der Waals surface area contributed by atoms with Crippen molar-refractivity contribution in [1.82, 2.24) is 0 Å². The number of hydrogen-bond donors (Lipinski definition) is 0. The summed E-state index contributed by atoms with van der Waals surface area (Å²) in [6, 6.07) is 12.3. The molecule has 0 spiro atoms. The van der Waals surface area contributed by atoms with E-state index in [-0.39, 0.29) is 22.0 Å². The maximum absolute atomic E-state index is 12.4. The molecule has 3 aromatic rings. The van der Waals surface area contributed by atoms with Gasteiger partial charge in [0.2, 0.25) is 5.78 Å². The predicted molar refractivity (Wildman–Crippen MR) is 77.8 cm³/mol. The number of ketones is 1. The molecule has 5 nitrogen and oxygen atoms in total. The zero-order valence-electron chi connectivity index (χ0n) is 10.6. The molecule has 0 saturated heterocycles.